The molecule has 90 valence electrons. The van der Waals surface area contributed by atoms with Crippen LogP contribution in [0.1, 0.15) is 18.5 Å². The van der Waals surface area contributed by atoms with Gasteiger partial charge in [-0.15, -0.1) is 0 Å². The van der Waals surface area contributed by atoms with E-state index in [0.29, 0.717) is 12.4 Å². The highest BCUT2D eigenvalue weighted by Crippen LogP contribution is 2.32. The quantitative estimate of drug-likeness (QED) is 0.880. The lowest BCUT2D eigenvalue weighted by atomic mass is 9.98. The smallest absolute Gasteiger partial charge is 0.124 e. The van der Waals surface area contributed by atoms with Crippen LogP contribution in [0.25, 0.3) is 10.8 Å². The molecular formula is C14H16FNO. The molecule has 2 aromatic carbocycles. The number of alkyl halides is 1. The summed E-state index contributed by atoms with van der Waals surface area (Å²) in [5.41, 5.74) is 6.59. The van der Waals surface area contributed by atoms with E-state index >= 15 is 0 Å². The van der Waals surface area contributed by atoms with Crippen molar-refractivity contribution >= 4 is 10.8 Å². The maximum absolute atomic E-state index is 12.8. The molecule has 0 saturated carbocycles. The zero-order valence-electron chi connectivity index (χ0n) is 9.82. The first-order valence-corrected chi connectivity index (χ1v) is 5.74. The van der Waals surface area contributed by atoms with Crippen molar-refractivity contribution in [1.29, 1.82) is 0 Å². The van der Waals surface area contributed by atoms with E-state index in [1.54, 1.807) is 0 Å². The van der Waals surface area contributed by atoms with Gasteiger partial charge in [0.1, 0.15) is 12.4 Å². The van der Waals surface area contributed by atoms with Gasteiger partial charge in [0.05, 0.1) is 12.6 Å². The summed E-state index contributed by atoms with van der Waals surface area (Å²) >= 11 is 0. The molecule has 0 radical (unpaired) electrons. The number of hydrogen-bond acceptors (Lipinski definition) is 2. The molecule has 0 fully saturated rings. The molecule has 0 aliphatic rings. The Labute approximate surface area is 100 Å². The van der Waals surface area contributed by atoms with Crippen molar-refractivity contribution in [3.05, 3.63) is 42.0 Å². The zero-order chi connectivity index (χ0) is 12.3. The molecule has 2 N–H and O–H groups in total. The maximum atomic E-state index is 12.8. The second-order valence-electron chi connectivity index (χ2n) is 3.89. The molecule has 2 aromatic rings. The lowest BCUT2D eigenvalue weighted by Gasteiger charge is -2.16. The second kappa shape index (κ2) is 5.15. The minimum atomic E-state index is -0.636. The predicted octanol–water partition coefficient (Wildman–Crippen LogP) is 3.21. The van der Waals surface area contributed by atoms with Crippen molar-refractivity contribution in [2.45, 2.75) is 13.0 Å². The second-order valence-corrected chi connectivity index (χ2v) is 3.89. The van der Waals surface area contributed by atoms with E-state index in [2.05, 4.69) is 0 Å². The largest absolute Gasteiger partial charge is 0.494 e. The standard InChI is InChI=1S/C14H16FNO/c1-2-17-13-8-7-10-5-3-4-6-11(10)14(13)12(16)9-15/h3-8,12H,2,9,16H2,1H3/t12-/m0/s1. The summed E-state index contributed by atoms with van der Waals surface area (Å²) in [5, 5.41) is 2.01. The Hall–Kier alpha value is -1.61. The average molecular weight is 233 g/mol. The van der Waals surface area contributed by atoms with Gasteiger partial charge in [-0.2, -0.15) is 0 Å². The van der Waals surface area contributed by atoms with Crippen molar-refractivity contribution in [3.63, 3.8) is 0 Å². The minimum absolute atomic E-state index is 0.546. The molecular weight excluding hydrogens is 217 g/mol. The molecule has 0 aliphatic heterocycles. The summed E-state index contributed by atoms with van der Waals surface area (Å²) in [6.07, 6.45) is 0. The molecule has 1 atom stereocenters. The highest BCUT2D eigenvalue weighted by Gasteiger charge is 2.15. The Kier molecular flexibility index (Phi) is 3.59. The lowest BCUT2D eigenvalue weighted by Crippen LogP contribution is -2.14. The van der Waals surface area contributed by atoms with Gasteiger partial charge >= 0.3 is 0 Å². The van der Waals surface area contributed by atoms with Gasteiger partial charge in [-0.25, -0.2) is 4.39 Å². The van der Waals surface area contributed by atoms with E-state index in [-0.39, 0.29) is 0 Å². The summed E-state index contributed by atoms with van der Waals surface area (Å²) in [6.45, 7) is 1.86. The van der Waals surface area contributed by atoms with Gasteiger partial charge in [-0.05, 0) is 23.8 Å². The Morgan fingerprint density at radius 1 is 1.24 bits per heavy atom. The topological polar surface area (TPSA) is 35.2 Å². The van der Waals surface area contributed by atoms with Crippen molar-refractivity contribution in [1.82, 2.24) is 0 Å². The van der Waals surface area contributed by atoms with Gasteiger partial charge in [0.15, 0.2) is 0 Å². The minimum Gasteiger partial charge on any atom is -0.494 e. The van der Waals surface area contributed by atoms with Crippen LogP contribution in [0.4, 0.5) is 4.39 Å². The number of benzene rings is 2. The van der Waals surface area contributed by atoms with Gasteiger partial charge in [0.2, 0.25) is 0 Å². The highest BCUT2D eigenvalue weighted by molar-refractivity contribution is 5.88. The Bertz CT molecular complexity index is 513. The number of hydrogen-bond donors (Lipinski definition) is 1. The van der Waals surface area contributed by atoms with Crippen LogP contribution in [0.2, 0.25) is 0 Å². The summed E-state index contributed by atoms with van der Waals surface area (Å²) < 4.78 is 18.4. The predicted molar refractivity (Wildman–Crippen MR) is 68.0 cm³/mol. The Morgan fingerprint density at radius 2 is 2.00 bits per heavy atom. The van der Waals surface area contributed by atoms with Gasteiger partial charge in [0, 0.05) is 5.56 Å². The number of nitrogens with two attached hydrogens (primary N) is 1. The van der Waals surface area contributed by atoms with Crippen molar-refractivity contribution in [2.75, 3.05) is 13.3 Å². The molecule has 3 heteroatoms. The number of rotatable bonds is 4. The number of ether oxygens (including phenoxy) is 1. The number of halogens is 1. The first kappa shape index (κ1) is 11.9. The molecule has 2 nitrogen and oxygen atoms in total. The van der Waals surface area contributed by atoms with E-state index in [1.165, 1.54) is 0 Å². The molecule has 0 unspecified atom stereocenters. The van der Waals surface area contributed by atoms with Gasteiger partial charge in [-0.1, -0.05) is 30.3 Å². The molecule has 0 aliphatic carbocycles. The summed E-state index contributed by atoms with van der Waals surface area (Å²) in [7, 11) is 0. The van der Waals surface area contributed by atoms with E-state index in [1.807, 2.05) is 43.3 Å². The van der Waals surface area contributed by atoms with Crippen LogP contribution in [-0.2, 0) is 0 Å². The van der Waals surface area contributed by atoms with Gasteiger partial charge < -0.3 is 10.5 Å². The molecule has 0 bridgehead atoms. The average Bonchev–Trinajstić information content (AvgIpc) is 2.38. The normalized spacial score (nSPS) is 12.6. The van der Waals surface area contributed by atoms with Crippen LogP contribution in [-0.4, -0.2) is 13.3 Å². The van der Waals surface area contributed by atoms with E-state index < -0.39 is 12.7 Å². The fourth-order valence-corrected chi connectivity index (χ4v) is 2.02. The number of fused-ring (bicyclic) bond motifs is 1. The third kappa shape index (κ3) is 2.24. The van der Waals surface area contributed by atoms with Crippen LogP contribution in [0, 0.1) is 0 Å². The maximum Gasteiger partial charge on any atom is 0.124 e. The highest BCUT2D eigenvalue weighted by atomic mass is 19.1. The van der Waals surface area contributed by atoms with Crippen molar-refractivity contribution in [3.8, 4) is 5.75 Å². The van der Waals surface area contributed by atoms with Crippen LogP contribution in [0.15, 0.2) is 36.4 Å². The fraction of sp³-hybridized carbons (Fsp3) is 0.286. The van der Waals surface area contributed by atoms with E-state index in [0.717, 1.165) is 16.3 Å². The van der Waals surface area contributed by atoms with Crippen molar-refractivity contribution in [2.24, 2.45) is 5.73 Å². The van der Waals surface area contributed by atoms with Gasteiger partial charge in [0.25, 0.3) is 0 Å². The fourth-order valence-electron chi connectivity index (χ4n) is 2.02. The summed E-state index contributed by atoms with van der Waals surface area (Å²) in [4.78, 5) is 0. The zero-order valence-corrected chi connectivity index (χ0v) is 9.82. The summed E-state index contributed by atoms with van der Waals surface area (Å²) in [6, 6.07) is 11.0. The van der Waals surface area contributed by atoms with Gasteiger partial charge in [-0.3, -0.25) is 0 Å². The van der Waals surface area contributed by atoms with Crippen LogP contribution < -0.4 is 10.5 Å². The van der Waals surface area contributed by atoms with Crippen LogP contribution in [0.3, 0.4) is 0 Å². The first-order valence-electron chi connectivity index (χ1n) is 5.74. The monoisotopic (exact) mass is 233 g/mol. The summed E-state index contributed by atoms with van der Waals surface area (Å²) in [5.74, 6) is 0.677. The van der Waals surface area contributed by atoms with Crippen molar-refractivity contribution < 1.29 is 9.13 Å². The molecule has 17 heavy (non-hydrogen) atoms. The van der Waals surface area contributed by atoms with Crippen LogP contribution >= 0.6 is 0 Å². The van der Waals surface area contributed by atoms with E-state index in [9.17, 15) is 4.39 Å². The molecule has 0 spiro atoms. The molecule has 0 amide bonds. The van der Waals surface area contributed by atoms with Crippen LogP contribution in [0.5, 0.6) is 5.75 Å². The van der Waals surface area contributed by atoms with E-state index in [4.69, 9.17) is 10.5 Å². The third-order valence-corrected chi connectivity index (χ3v) is 2.77. The third-order valence-electron chi connectivity index (χ3n) is 2.77. The molecule has 0 heterocycles. The molecule has 0 aromatic heterocycles. The Morgan fingerprint density at radius 3 is 2.71 bits per heavy atom. The lowest BCUT2D eigenvalue weighted by molar-refractivity contribution is 0.330. The Balaban J connectivity index is 2.65. The first-order chi connectivity index (χ1) is 8.27. The molecule has 2 rings (SSSR count). The SMILES string of the molecule is CCOc1ccc2ccccc2c1[C@@H](N)CF. The molecule has 0 saturated heterocycles.